The lowest BCUT2D eigenvalue weighted by molar-refractivity contribution is -0.151. The number of carbonyl (C=O) groups excluding carboxylic acids is 2. The van der Waals surface area contributed by atoms with Gasteiger partial charge in [-0.2, -0.15) is 0 Å². The summed E-state index contributed by atoms with van der Waals surface area (Å²) in [5.74, 6) is 0.954. The summed E-state index contributed by atoms with van der Waals surface area (Å²) >= 11 is 2.79. The number of furan rings is 1. The molecule has 0 atom stereocenters. The fourth-order valence-electron chi connectivity index (χ4n) is 2.75. The van der Waals surface area contributed by atoms with E-state index in [1.165, 1.54) is 23.1 Å². The summed E-state index contributed by atoms with van der Waals surface area (Å²) in [5, 5.41) is 12.0. The first-order valence-corrected chi connectivity index (χ1v) is 10.6. The molecular formula is C17H22N4O4S2. The molecule has 3 rings (SSSR count). The van der Waals surface area contributed by atoms with Gasteiger partial charge in [0.2, 0.25) is 11.0 Å². The standard InChI is InChI=1S/C17H22N4O4S2/c1-2-24-15(23)12-5-7-21(8-6-12)14(22)11-26-17-20-19-16(27-17)18-10-13-4-3-9-25-13/h3-4,9,12H,2,5-8,10-11H2,1H3,(H,18,19). The number of thioether (sulfide) groups is 1. The van der Waals surface area contributed by atoms with Gasteiger partial charge in [0.15, 0.2) is 4.34 Å². The molecule has 1 aliphatic rings. The minimum absolute atomic E-state index is 0.0580. The lowest BCUT2D eigenvalue weighted by atomic mass is 9.97. The van der Waals surface area contributed by atoms with E-state index in [2.05, 4.69) is 15.5 Å². The zero-order valence-electron chi connectivity index (χ0n) is 15.1. The van der Waals surface area contributed by atoms with Crippen LogP contribution in [0.1, 0.15) is 25.5 Å². The molecule has 1 amide bonds. The first-order chi connectivity index (χ1) is 13.2. The van der Waals surface area contributed by atoms with Crippen LogP contribution in [0.4, 0.5) is 5.13 Å². The van der Waals surface area contributed by atoms with E-state index >= 15 is 0 Å². The van der Waals surface area contributed by atoms with Crippen LogP contribution in [0.3, 0.4) is 0 Å². The van der Waals surface area contributed by atoms with Crippen molar-refractivity contribution in [3.63, 3.8) is 0 Å². The Bertz CT molecular complexity index is 742. The number of likely N-dealkylation sites (tertiary alicyclic amines) is 1. The van der Waals surface area contributed by atoms with Gasteiger partial charge < -0.3 is 19.4 Å². The summed E-state index contributed by atoms with van der Waals surface area (Å²) in [6, 6.07) is 3.72. The number of anilines is 1. The van der Waals surface area contributed by atoms with Crippen LogP contribution in [0, 0.1) is 5.92 Å². The Kier molecular flexibility index (Phi) is 7.11. The lowest BCUT2D eigenvalue weighted by Crippen LogP contribution is -2.41. The van der Waals surface area contributed by atoms with E-state index in [1.807, 2.05) is 12.1 Å². The molecule has 0 spiro atoms. The Morgan fingerprint density at radius 2 is 2.22 bits per heavy atom. The molecule has 146 valence electrons. The Hall–Kier alpha value is -2.07. The van der Waals surface area contributed by atoms with Gasteiger partial charge in [0.25, 0.3) is 0 Å². The van der Waals surface area contributed by atoms with Crippen molar-refractivity contribution in [2.24, 2.45) is 5.92 Å². The summed E-state index contributed by atoms with van der Waals surface area (Å²) < 4.78 is 11.1. The predicted octanol–water partition coefficient (Wildman–Crippen LogP) is 2.64. The van der Waals surface area contributed by atoms with Gasteiger partial charge in [0, 0.05) is 13.1 Å². The van der Waals surface area contributed by atoms with Gasteiger partial charge in [-0.25, -0.2) is 0 Å². The maximum Gasteiger partial charge on any atom is 0.309 e. The number of hydrogen-bond acceptors (Lipinski definition) is 9. The van der Waals surface area contributed by atoms with E-state index in [4.69, 9.17) is 9.15 Å². The highest BCUT2D eigenvalue weighted by atomic mass is 32.2. The van der Waals surface area contributed by atoms with E-state index in [0.717, 1.165) is 10.1 Å². The van der Waals surface area contributed by atoms with Crippen molar-refractivity contribution >= 4 is 40.1 Å². The molecule has 0 aliphatic carbocycles. The van der Waals surface area contributed by atoms with Crippen LogP contribution in [0.15, 0.2) is 27.2 Å². The molecule has 27 heavy (non-hydrogen) atoms. The molecule has 8 nitrogen and oxygen atoms in total. The molecule has 0 unspecified atom stereocenters. The molecule has 1 aliphatic heterocycles. The van der Waals surface area contributed by atoms with E-state index in [0.29, 0.717) is 50.0 Å². The number of ether oxygens (including phenoxy) is 1. The Balaban J connectivity index is 1.39. The monoisotopic (exact) mass is 410 g/mol. The second-order valence-electron chi connectivity index (χ2n) is 6.00. The number of esters is 1. The molecule has 0 saturated carbocycles. The highest BCUT2D eigenvalue weighted by Gasteiger charge is 2.28. The third-order valence-corrected chi connectivity index (χ3v) is 6.19. The van der Waals surface area contributed by atoms with E-state index in [-0.39, 0.29) is 17.8 Å². The van der Waals surface area contributed by atoms with E-state index in [1.54, 1.807) is 18.1 Å². The van der Waals surface area contributed by atoms with Crippen molar-refractivity contribution < 1.29 is 18.7 Å². The first kappa shape index (κ1) is 19.7. The number of piperidine rings is 1. The average molecular weight is 411 g/mol. The van der Waals surface area contributed by atoms with Gasteiger partial charge in [-0.1, -0.05) is 23.1 Å². The van der Waals surface area contributed by atoms with Gasteiger partial charge in [0.05, 0.1) is 31.1 Å². The van der Waals surface area contributed by atoms with Gasteiger partial charge >= 0.3 is 5.97 Å². The fraction of sp³-hybridized carbons (Fsp3) is 0.529. The van der Waals surface area contributed by atoms with Crippen LogP contribution in [0.2, 0.25) is 0 Å². The van der Waals surface area contributed by atoms with E-state index in [9.17, 15) is 9.59 Å². The minimum Gasteiger partial charge on any atom is -0.467 e. The molecule has 3 heterocycles. The molecule has 1 fully saturated rings. The maximum absolute atomic E-state index is 12.4. The number of rotatable bonds is 8. The molecular weight excluding hydrogens is 388 g/mol. The predicted molar refractivity (Wildman–Crippen MR) is 103 cm³/mol. The van der Waals surface area contributed by atoms with Crippen molar-refractivity contribution in [2.75, 3.05) is 30.8 Å². The Morgan fingerprint density at radius 1 is 1.41 bits per heavy atom. The van der Waals surface area contributed by atoms with Crippen molar-refractivity contribution in [2.45, 2.75) is 30.6 Å². The number of hydrogen-bond donors (Lipinski definition) is 1. The van der Waals surface area contributed by atoms with Crippen LogP contribution >= 0.6 is 23.1 Å². The summed E-state index contributed by atoms with van der Waals surface area (Å²) in [6.07, 6.45) is 2.95. The molecule has 10 heteroatoms. The van der Waals surface area contributed by atoms with Gasteiger partial charge in [-0.3, -0.25) is 9.59 Å². The molecule has 0 radical (unpaired) electrons. The summed E-state index contributed by atoms with van der Waals surface area (Å²) in [7, 11) is 0. The number of amides is 1. The van der Waals surface area contributed by atoms with Gasteiger partial charge in [-0.15, -0.1) is 10.2 Å². The highest BCUT2D eigenvalue weighted by molar-refractivity contribution is 8.01. The molecule has 0 bridgehead atoms. The summed E-state index contributed by atoms with van der Waals surface area (Å²) in [4.78, 5) is 25.9. The summed E-state index contributed by atoms with van der Waals surface area (Å²) in [6.45, 7) is 3.93. The fourth-order valence-corrected chi connectivity index (χ4v) is 4.41. The molecule has 2 aromatic rings. The van der Waals surface area contributed by atoms with Crippen molar-refractivity contribution in [3.05, 3.63) is 24.2 Å². The average Bonchev–Trinajstić information content (AvgIpc) is 3.36. The largest absolute Gasteiger partial charge is 0.467 e. The van der Waals surface area contributed by atoms with E-state index < -0.39 is 0 Å². The SMILES string of the molecule is CCOC(=O)C1CCN(C(=O)CSc2nnc(NCc3ccco3)s2)CC1. The molecule has 1 saturated heterocycles. The molecule has 1 N–H and O–H groups in total. The lowest BCUT2D eigenvalue weighted by Gasteiger charge is -2.30. The number of carbonyl (C=O) groups is 2. The zero-order valence-corrected chi connectivity index (χ0v) is 16.7. The Labute approximate surface area is 165 Å². The zero-order chi connectivity index (χ0) is 19.1. The van der Waals surface area contributed by atoms with Crippen LogP contribution < -0.4 is 5.32 Å². The molecule has 0 aromatic carbocycles. The molecule has 2 aromatic heterocycles. The minimum atomic E-state index is -0.151. The van der Waals surface area contributed by atoms with Crippen LogP contribution in [-0.4, -0.2) is 52.4 Å². The van der Waals surface area contributed by atoms with Crippen LogP contribution in [-0.2, 0) is 20.9 Å². The smallest absolute Gasteiger partial charge is 0.309 e. The number of nitrogens with one attached hydrogen (secondary N) is 1. The van der Waals surface area contributed by atoms with Gasteiger partial charge in [-0.05, 0) is 31.9 Å². The van der Waals surface area contributed by atoms with Crippen molar-refractivity contribution in [3.8, 4) is 0 Å². The Morgan fingerprint density at radius 3 is 2.93 bits per heavy atom. The second-order valence-corrected chi connectivity index (χ2v) is 8.20. The second kappa shape index (κ2) is 9.75. The first-order valence-electron chi connectivity index (χ1n) is 8.82. The highest BCUT2D eigenvalue weighted by Crippen LogP contribution is 2.27. The van der Waals surface area contributed by atoms with Crippen molar-refractivity contribution in [1.29, 1.82) is 0 Å². The third-order valence-electron chi connectivity index (χ3n) is 4.19. The number of nitrogens with zero attached hydrogens (tertiary/aromatic N) is 3. The van der Waals surface area contributed by atoms with Crippen LogP contribution in [0.25, 0.3) is 0 Å². The normalized spacial score (nSPS) is 14.9. The maximum atomic E-state index is 12.4. The van der Waals surface area contributed by atoms with Crippen molar-refractivity contribution in [1.82, 2.24) is 15.1 Å². The topological polar surface area (TPSA) is 97.6 Å². The quantitative estimate of drug-likeness (QED) is 0.524. The third kappa shape index (κ3) is 5.70. The van der Waals surface area contributed by atoms with Gasteiger partial charge in [0.1, 0.15) is 5.76 Å². The summed E-state index contributed by atoms with van der Waals surface area (Å²) in [5.41, 5.74) is 0. The number of aromatic nitrogens is 2. The van der Waals surface area contributed by atoms with Crippen LogP contribution in [0.5, 0.6) is 0 Å².